The first kappa shape index (κ1) is 15.0. The first-order valence-electron chi connectivity index (χ1n) is 3.81. The topological polar surface area (TPSA) is 61.5 Å². The van der Waals surface area contributed by atoms with Crippen molar-refractivity contribution in [2.24, 2.45) is 5.50 Å². The molecule has 0 spiro atoms. The lowest BCUT2D eigenvalue weighted by Gasteiger charge is -2.10. The van der Waals surface area contributed by atoms with Gasteiger partial charge in [-0.2, -0.15) is 0 Å². The Morgan fingerprint density at radius 2 is 2.06 bits per heavy atom. The van der Waals surface area contributed by atoms with Gasteiger partial charge in [-0.25, -0.2) is 14.0 Å². The molecular weight excluding hydrogens is 407 g/mol. The first-order valence-corrected chi connectivity index (χ1v) is 7.99. The summed E-state index contributed by atoms with van der Waals surface area (Å²) in [5.41, 5.74) is 5.19. The average molecular weight is 414 g/mol. The van der Waals surface area contributed by atoms with Gasteiger partial charge in [0.1, 0.15) is 0 Å². The summed E-state index contributed by atoms with van der Waals surface area (Å²) in [6.07, 6.45) is 0. The molecule has 0 saturated carbocycles. The summed E-state index contributed by atoms with van der Waals surface area (Å²) in [5, 5.41) is 0.968. The number of rotatable bonds is 4. The van der Waals surface area contributed by atoms with E-state index in [0.717, 1.165) is 15.6 Å². The van der Waals surface area contributed by atoms with E-state index < -0.39 is 7.75 Å². The summed E-state index contributed by atoms with van der Waals surface area (Å²) in [7, 11) is -2.33. The molecule has 1 aromatic carbocycles. The van der Waals surface area contributed by atoms with E-state index in [9.17, 15) is 4.57 Å². The summed E-state index contributed by atoms with van der Waals surface area (Å²) in [4.78, 5) is 0.523. The Kier molecular flexibility index (Phi) is 5.87. The van der Waals surface area contributed by atoms with Gasteiger partial charge in [-0.05, 0) is 34.7 Å². The van der Waals surface area contributed by atoms with Gasteiger partial charge in [-0.15, -0.1) is 0 Å². The van der Waals surface area contributed by atoms with Crippen LogP contribution in [0.25, 0.3) is 0 Å². The maximum Gasteiger partial charge on any atom is 0.414 e. The third-order valence-electron chi connectivity index (χ3n) is 1.46. The fourth-order valence-corrected chi connectivity index (χ4v) is 3.11. The Hall–Kier alpha value is 0.990. The molecule has 0 bridgehead atoms. The second-order valence-electron chi connectivity index (χ2n) is 2.58. The van der Waals surface area contributed by atoms with E-state index in [0.29, 0.717) is 14.9 Å². The molecule has 2 N–H and O–H groups in total. The zero-order valence-corrected chi connectivity index (χ0v) is 13.3. The summed E-state index contributed by atoms with van der Waals surface area (Å²) in [5.74, 6) is 0. The van der Waals surface area contributed by atoms with Gasteiger partial charge >= 0.3 is 7.75 Å². The lowest BCUT2D eigenvalue weighted by molar-refractivity contribution is 0.337. The van der Waals surface area contributed by atoms with Gasteiger partial charge in [0.25, 0.3) is 0 Å². The lowest BCUT2D eigenvalue weighted by Crippen LogP contribution is -1.96. The quantitative estimate of drug-likeness (QED) is 0.344. The van der Waals surface area contributed by atoms with Crippen LogP contribution in [0.3, 0.4) is 0 Å². The highest BCUT2D eigenvalue weighted by atomic mass is 127. The summed E-state index contributed by atoms with van der Waals surface area (Å²) < 4.78 is 21.4. The smallest absolute Gasteiger partial charge is 0.300 e. The Labute approximate surface area is 121 Å². The van der Waals surface area contributed by atoms with Gasteiger partial charge in [0.2, 0.25) is 0 Å². The van der Waals surface area contributed by atoms with Crippen LogP contribution >= 0.6 is 65.6 Å². The third kappa shape index (κ3) is 4.34. The second-order valence-corrected chi connectivity index (χ2v) is 7.20. The van der Waals surface area contributed by atoms with E-state index in [1.165, 1.54) is 7.11 Å². The van der Waals surface area contributed by atoms with E-state index in [1.54, 1.807) is 12.1 Å². The predicted molar refractivity (Wildman–Crippen MR) is 74.9 cm³/mol. The standard InChI is InChI=1S/C7H7Cl2INO3PS/c1-13-15(11,12)14-16-7-3-4(8)6(10)2-5(7)9/h2-3H,1H3,(H2,11,12). The Morgan fingerprint density at radius 1 is 1.44 bits per heavy atom. The first-order chi connectivity index (χ1) is 7.35. The predicted octanol–water partition coefficient (Wildman–Crippen LogP) is 4.33. The molecule has 0 aliphatic carbocycles. The number of hydrogen-bond donors (Lipinski definition) is 1. The maximum absolute atomic E-state index is 11.3. The van der Waals surface area contributed by atoms with Crippen molar-refractivity contribution in [3.8, 4) is 0 Å². The number of hydrogen-bond acceptors (Lipinski definition) is 4. The lowest BCUT2D eigenvalue weighted by atomic mass is 10.4. The molecule has 16 heavy (non-hydrogen) atoms. The van der Waals surface area contributed by atoms with Crippen LogP contribution in [0.4, 0.5) is 0 Å². The Morgan fingerprint density at radius 3 is 2.62 bits per heavy atom. The highest BCUT2D eigenvalue weighted by Gasteiger charge is 2.18. The van der Waals surface area contributed by atoms with Crippen molar-refractivity contribution in [2.45, 2.75) is 4.90 Å². The molecule has 0 heterocycles. The van der Waals surface area contributed by atoms with E-state index in [4.69, 9.17) is 32.7 Å². The zero-order chi connectivity index (χ0) is 12.3. The summed E-state index contributed by atoms with van der Waals surface area (Å²) in [6, 6.07) is 3.27. The zero-order valence-electron chi connectivity index (χ0n) is 7.95. The molecule has 0 radical (unpaired) electrons. The van der Waals surface area contributed by atoms with Crippen LogP contribution in [-0.4, -0.2) is 7.11 Å². The molecule has 1 unspecified atom stereocenters. The van der Waals surface area contributed by atoms with Gasteiger partial charge in [0.15, 0.2) is 0 Å². The van der Waals surface area contributed by atoms with Crippen LogP contribution in [0.5, 0.6) is 0 Å². The molecule has 4 nitrogen and oxygen atoms in total. The van der Waals surface area contributed by atoms with Crippen LogP contribution in [-0.2, 0) is 13.1 Å². The van der Waals surface area contributed by atoms with E-state index in [1.807, 2.05) is 22.6 Å². The second kappa shape index (κ2) is 6.24. The van der Waals surface area contributed by atoms with Crippen LogP contribution < -0.4 is 5.50 Å². The molecule has 0 fully saturated rings. The molecule has 0 aromatic heterocycles. The molecule has 0 aliphatic rings. The van der Waals surface area contributed by atoms with Crippen molar-refractivity contribution >= 4 is 65.6 Å². The molecule has 1 atom stereocenters. The summed E-state index contributed by atoms with van der Waals surface area (Å²) >= 11 is 14.7. The maximum atomic E-state index is 11.3. The normalized spacial score (nSPS) is 14.8. The molecule has 90 valence electrons. The molecular formula is C7H7Cl2INO3PS. The fraction of sp³-hybridized carbons (Fsp3) is 0.143. The van der Waals surface area contributed by atoms with Crippen molar-refractivity contribution in [3.05, 3.63) is 25.7 Å². The minimum Gasteiger partial charge on any atom is -0.300 e. The Balaban J connectivity index is 2.83. The van der Waals surface area contributed by atoms with Crippen LogP contribution in [0, 0.1) is 3.57 Å². The highest BCUT2D eigenvalue weighted by Crippen LogP contribution is 2.46. The average Bonchev–Trinajstić information content (AvgIpc) is 2.22. The van der Waals surface area contributed by atoms with E-state index in [-0.39, 0.29) is 0 Å². The third-order valence-corrected chi connectivity index (χ3v) is 5.56. The van der Waals surface area contributed by atoms with Crippen molar-refractivity contribution in [2.75, 3.05) is 7.11 Å². The van der Waals surface area contributed by atoms with Crippen LogP contribution in [0.2, 0.25) is 10.0 Å². The monoisotopic (exact) mass is 413 g/mol. The number of halogens is 3. The van der Waals surface area contributed by atoms with Crippen molar-refractivity contribution in [1.29, 1.82) is 0 Å². The molecule has 0 saturated heterocycles. The minimum atomic E-state index is -3.53. The molecule has 0 amide bonds. The molecule has 1 aromatic rings. The molecule has 0 aliphatic heterocycles. The largest absolute Gasteiger partial charge is 0.414 e. The van der Waals surface area contributed by atoms with Crippen molar-refractivity contribution in [3.63, 3.8) is 0 Å². The van der Waals surface area contributed by atoms with Gasteiger partial charge < -0.3 is 0 Å². The van der Waals surface area contributed by atoms with Crippen molar-refractivity contribution in [1.82, 2.24) is 0 Å². The van der Waals surface area contributed by atoms with Crippen molar-refractivity contribution < 1.29 is 13.1 Å². The van der Waals surface area contributed by atoms with Crippen LogP contribution in [0.15, 0.2) is 17.0 Å². The number of nitrogens with two attached hydrogens (primary N) is 1. The molecule has 1 rings (SSSR count). The SMILES string of the molecule is COP(N)(=O)OSc1cc(Cl)c(I)cc1Cl. The Bertz CT molecular complexity index is 448. The highest BCUT2D eigenvalue weighted by molar-refractivity contribution is 14.1. The van der Waals surface area contributed by atoms with Gasteiger partial charge in [-0.3, -0.25) is 4.52 Å². The molecule has 9 heteroatoms. The fourth-order valence-electron chi connectivity index (χ4n) is 0.691. The van der Waals surface area contributed by atoms with Gasteiger partial charge in [0, 0.05) is 22.7 Å². The van der Waals surface area contributed by atoms with E-state index in [2.05, 4.69) is 4.52 Å². The van der Waals surface area contributed by atoms with E-state index >= 15 is 0 Å². The minimum absolute atomic E-state index is 0.440. The van der Waals surface area contributed by atoms with Gasteiger partial charge in [-0.1, -0.05) is 23.2 Å². The number of benzene rings is 1. The van der Waals surface area contributed by atoms with Gasteiger partial charge in [0.05, 0.1) is 14.9 Å². The summed E-state index contributed by atoms with van der Waals surface area (Å²) in [6.45, 7) is 0. The van der Waals surface area contributed by atoms with Crippen LogP contribution in [0.1, 0.15) is 0 Å².